The van der Waals surface area contributed by atoms with Crippen LogP contribution in [-0.4, -0.2) is 22.9 Å². The van der Waals surface area contributed by atoms with Gasteiger partial charge in [-0.2, -0.15) is 0 Å². The Morgan fingerprint density at radius 3 is 1.71 bits per heavy atom. The maximum atomic E-state index is 12.4. The summed E-state index contributed by atoms with van der Waals surface area (Å²) in [7, 11) is -7.43. The molecule has 0 unspecified atom stereocenters. The van der Waals surface area contributed by atoms with Gasteiger partial charge >= 0.3 is 0 Å². The Labute approximate surface area is 124 Å². The van der Waals surface area contributed by atoms with Crippen molar-refractivity contribution in [3.8, 4) is 0 Å². The van der Waals surface area contributed by atoms with Crippen molar-refractivity contribution in [2.24, 2.45) is 17.0 Å². The van der Waals surface area contributed by atoms with Crippen LogP contribution < -0.4 is 9.86 Å². The minimum absolute atomic E-state index is 0.0212. The molecule has 2 fully saturated rings. The first-order valence-electron chi connectivity index (χ1n) is 6.92. The molecule has 3 N–H and O–H groups in total. The summed E-state index contributed by atoms with van der Waals surface area (Å²) in [6.07, 6.45) is 4.31. The van der Waals surface area contributed by atoms with Crippen LogP contribution in [-0.2, 0) is 20.0 Å². The summed E-state index contributed by atoms with van der Waals surface area (Å²) in [5, 5.41) is 5.00. The lowest BCUT2D eigenvalue weighted by molar-refractivity contribution is 0.471. The fraction of sp³-hybridized carbons (Fsp3) is 0.538. The Morgan fingerprint density at radius 1 is 0.905 bits per heavy atom. The lowest BCUT2D eigenvalue weighted by Crippen LogP contribution is -2.38. The minimum atomic E-state index is -3.81. The highest BCUT2D eigenvalue weighted by Crippen LogP contribution is 2.45. The van der Waals surface area contributed by atoms with Crippen molar-refractivity contribution in [2.45, 2.75) is 41.5 Å². The molecule has 0 amide bonds. The van der Waals surface area contributed by atoms with Crippen LogP contribution in [0.1, 0.15) is 25.7 Å². The molecule has 0 radical (unpaired) electrons. The summed E-state index contributed by atoms with van der Waals surface area (Å²) < 4.78 is 49.9. The van der Waals surface area contributed by atoms with Crippen molar-refractivity contribution in [1.82, 2.24) is 4.72 Å². The molecule has 0 saturated heterocycles. The summed E-state index contributed by atoms with van der Waals surface area (Å²) in [6.45, 7) is 0. The van der Waals surface area contributed by atoms with Crippen LogP contribution in [0, 0.1) is 11.8 Å². The molecule has 2 saturated carbocycles. The molecule has 2 aliphatic rings. The first-order chi connectivity index (χ1) is 9.77. The van der Waals surface area contributed by atoms with Crippen molar-refractivity contribution in [3.63, 3.8) is 0 Å². The van der Waals surface area contributed by atoms with Gasteiger partial charge in [-0.1, -0.05) is 0 Å². The number of nitrogens with one attached hydrogen (secondary N) is 1. The van der Waals surface area contributed by atoms with Gasteiger partial charge < -0.3 is 0 Å². The van der Waals surface area contributed by atoms with Crippen LogP contribution in [0.4, 0.5) is 0 Å². The van der Waals surface area contributed by atoms with Gasteiger partial charge in [-0.15, -0.1) is 0 Å². The number of hydrogen-bond acceptors (Lipinski definition) is 4. The quantitative estimate of drug-likeness (QED) is 0.804. The molecule has 3 rings (SSSR count). The van der Waals surface area contributed by atoms with E-state index in [1.807, 2.05) is 0 Å². The average molecular weight is 330 g/mol. The minimum Gasteiger partial charge on any atom is -0.225 e. The smallest absolute Gasteiger partial charge is 0.225 e. The SMILES string of the molecule is NS(=O)(=O)c1ccc(S(=O)(=O)NC(C2CC2)C2CC2)cc1. The van der Waals surface area contributed by atoms with Crippen LogP contribution in [0.2, 0.25) is 0 Å². The van der Waals surface area contributed by atoms with Crippen LogP contribution in [0.5, 0.6) is 0 Å². The number of benzene rings is 1. The third kappa shape index (κ3) is 3.45. The fourth-order valence-electron chi connectivity index (χ4n) is 2.54. The summed E-state index contributed by atoms with van der Waals surface area (Å²) in [5.41, 5.74) is 0. The molecule has 0 bridgehead atoms. The highest BCUT2D eigenvalue weighted by molar-refractivity contribution is 7.89. The molecule has 6 nitrogen and oxygen atoms in total. The molecule has 2 aliphatic carbocycles. The van der Waals surface area contributed by atoms with Gasteiger partial charge in [-0.3, -0.25) is 0 Å². The first kappa shape index (κ1) is 15.0. The number of sulfonamides is 2. The second-order valence-electron chi connectivity index (χ2n) is 5.84. The first-order valence-corrected chi connectivity index (χ1v) is 9.95. The highest BCUT2D eigenvalue weighted by Gasteiger charge is 2.43. The van der Waals surface area contributed by atoms with Crippen LogP contribution >= 0.6 is 0 Å². The monoisotopic (exact) mass is 330 g/mol. The Hall–Kier alpha value is -0.960. The van der Waals surface area contributed by atoms with Gasteiger partial charge in [0.2, 0.25) is 20.0 Å². The molecule has 0 aliphatic heterocycles. The van der Waals surface area contributed by atoms with Gasteiger partial charge in [-0.05, 0) is 61.8 Å². The zero-order valence-electron chi connectivity index (χ0n) is 11.4. The normalized spacial score (nSPS) is 19.9. The van der Waals surface area contributed by atoms with E-state index in [1.165, 1.54) is 24.3 Å². The zero-order valence-corrected chi connectivity index (χ0v) is 13.0. The van der Waals surface area contributed by atoms with Crippen molar-refractivity contribution >= 4 is 20.0 Å². The highest BCUT2D eigenvalue weighted by atomic mass is 32.2. The lowest BCUT2D eigenvalue weighted by atomic mass is 10.1. The van der Waals surface area contributed by atoms with E-state index in [9.17, 15) is 16.8 Å². The van der Waals surface area contributed by atoms with Crippen LogP contribution in [0.25, 0.3) is 0 Å². The van der Waals surface area contributed by atoms with E-state index in [1.54, 1.807) is 0 Å². The van der Waals surface area contributed by atoms with Gasteiger partial charge in [0.1, 0.15) is 0 Å². The van der Waals surface area contributed by atoms with E-state index >= 15 is 0 Å². The molecule has 8 heteroatoms. The number of rotatable bonds is 6. The van der Waals surface area contributed by atoms with Gasteiger partial charge in [0, 0.05) is 6.04 Å². The van der Waals surface area contributed by atoms with E-state index in [4.69, 9.17) is 5.14 Å². The molecule has 1 aromatic rings. The maximum Gasteiger partial charge on any atom is 0.240 e. The third-order valence-electron chi connectivity index (χ3n) is 4.01. The lowest BCUT2D eigenvalue weighted by Gasteiger charge is -2.17. The summed E-state index contributed by atoms with van der Waals surface area (Å²) in [5.74, 6) is 0.909. The summed E-state index contributed by atoms with van der Waals surface area (Å²) >= 11 is 0. The molecule has 21 heavy (non-hydrogen) atoms. The Bertz CT molecular complexity index is 721. The predicted molar refractivity (Wildman–Crippen MR) is 77.4 cm³/mol. The van der Waals surface area contributed by atoms with Crippen molar-refractivity contribution in [3.05, 3.63) is 24.3 Å². The molecular weight excluding hydrogens is 312 g/mol. The van der Waals surface area contributed by atoms with Crippen molar-refractivity contribution in [1.29, 1.82) is 0 Å². The number of nitrogens with two attached hydrogens (primary N) is 1. The largest absolute Gasteiger partial charge is 0.240 e. The Morgan fingerprint density at radius 2 is 1.33 bits per heavy atom. The third-order valence-corrected chi connectivity index (χ3v) is 6.42. The number of hydrogen-bond donors (Lipinski definition) is 2. The second kappa shape index (κ2) is 5.05. The van der Waals surface area contributed by atoms with Gasteiger partial charge in [0.25, 0.3) is 0 Å². The molecule has 0 heterocycles. The fourth-order valence-corrected chi connectivity index (χ4v) is 4.43. The van der Waals surface area contributed by atoms with Crippen molar-refractivity contribution < 1.29 is 16.8 Å². The van der Waals surface area contributed by atoms with Crippen molar-refractivity contribution in [2.75, 3.05) is 0 Å². The molecule has 0 aromatic heterocycles. The van der Waals surface area contributed by atoms with E-state index in [0.29, 0.717) is 11.8 Å². The molecule has 0 spiro atoms. The molecule has 1 aromatic carbocycles. The maximum absolute atomic E-state index is 12.4. The van der Waals surface area contributed by atoms with E-state index < -0.39 is 20.0 Å². The Kier molecular flexibility index (Phi) is 3.59. The standard InChI is InChI=1S/C13H18N2O4S2/c14-20(16,17)11-5-7-12(8-6-11)21(18,19)15-13(9-1-2-9)10-3-4-10/h5-10,13,15H,1-4H2,(H2,14,16,17). The van der Waals surface area contributed by atoms with E-state index in [0.717, 1.165) is 25.7 Å². The topological polar surface area (TPSA) is 106 Å². The van der Waals surface area contributed by atoms with Gasteiger partial charge in [0.15, 0.2) is 0 Å². The summed E-state index contributed by atoms with van der Waals surface area (Å²) in [4.78, 5) is -0.0245. The van der Waals surface area contributed by atoms with E-state index in [2.05, 4.69) is 4.72 Å². The average Bonchev–Trinajstić information content (AvgIpc) is 3.28. The zero-order chi connectivity index (χ0) is 15.3. The van der Waals surface area contributed by atoms with Gasteiger partial charge in [0.05, 0.1) is 9.79 Å². The van der Waals surface area contributed by atoms with E-state index in [-0.39, 0.29) is 15.8 Å². The molecular formula is C13H18N2O4S2. The Balaban J connectivity index is 1.80. The predicted octanol–water partition coefficient (Wildman–Crippen LogP) is 0.801. The van der Waals surface area contributed by atoms with Crippen LogP contribution in [0.3, 0.4) is 0 Å². The molecule has 0 atom stereocenters. The van der Waals surface area contributed by atoms with Gasteiger partial charge in [-0.25, -0.2) is 26.7 Å². The second-order valence-corrected chi connectivity index (χ2v) is 9.11. The summed E-state index contributed by atoms with van der Waals surface area (Å²) in [6, 6.07) is 5.01. The van der Waals surface area contributed by atoms with Crippen LogP contribution in [0.15, 0.2) is 34.1 Å². The molecule has 116 valence electrons. The number of primary sulfonamides is 1.